The van der Waals surface area contributed by atoms with Gasteiger partial charge in [-0.1, -0.05) is 0 Å². The summed E-state index contributed by atoms with van der Waals surface area (Å²) in [5, 5.41) is 2.64. The van der Waals surface area contributed by atoms with E-state index in [1.807, 2.05) is 0 Å². The number of anilines is 1. The summed E-state index contributed by atoms with van der Waals surface area (Å²) in [6.45, 7) is 2.87. The number of rotatable bonds is 4. The molecule has 2 N–H and O–H groups in total. The smallest absolute Gasteiger partial charge is 0.416 e. The van der Waals surface area contributed by atoms with E-state index in [1.165, 1.54) is 26.0 Å². The molecule has 6 nitrogen and oxygen atoms in total. The van der Waals surface area contributed by atoms with Crippen LogP contribution in [0, 0.1) is 12.7 Å². The second kappa shape index (κ2) is 7.77. The molecule has 1 heterocycles. The number of nitrogens with one attached hydrogen (secondary N) is 2. The number of H-pyrrole nitrogens is 1. The Bertz CT molecular complexity index is 1190. The Balaban J connectivity index is 2.07. The first-order chi connectivity index (χ1) is 14.0. The predicted molar refractivity (Wildman–Crippen MR) is 102 cm³/mol. The monoisotopic (exact) mass is 423 g/mol. The van der Waals surface area contributed by atoms with E-state index in [2.05, 4.69) is 20.0 Å². The summed E-state index contributed by atoms with van der Waals surface area (Å²) in [6, 6.07) is 4.31. The van der Waals surface area contributed by atoms with E-state index in [-0.39, 0.29) is 33.5 Å². The van der Waals surface area contributed by atoms with E-state index in [4.69, 9.17) is 0 Å². The Morgan fingerprint density at radius 2 is 1.93 bits per heavy atom. The van der Waals surface area contributed by atoms with Crippen molar-refractivity contribution in [2.45, 2.75) is 26.1 Å². The van der Waals surface area contributed by atoms with Crippen LogP contribution in [0.3, 0.4) is 0 Å². The fourth-order valence-corrected chi connectivity index (χ4v) is 3.11. The van der Waals surface area contributed by atoms with E-state index < -0.39 is 35.1 Å². The third kappa shape index (κ3) is 4.12. The minimum Gasteiger partial charge on any atom is -0.465 e. The molecule has 158 valence electrons. The number of aromatic nitrogens is 2. The largest absolute Gasteiger partial charge is 0.465 e. The zero-order valence-corrected chi connectivity index (χ0v) is 16.1. The van der Waals surface area contributed by atoms with Crippen molar-refractivity contribution in [2.75, 3.05) is 12.4 Å². The molecule has 0 bridgehead atoms. The summed E-state index contributed by atoms with van der Waals surface area (Å²) in [5.74, 6) is -1.40. The third-order valence-corrected chi connectivity index (χ3v) is 4.53. The molecule has 10 heteroatoms. The summed E-state index contributed by atoms with van der Waals surface area (Å²) < 4.78 is 59.9. The molecule has 0 saturated heterocycles. The van der Waals surface area contributed by atoms with Crippen molar-refractivity contribution in [1.82, 2.24) is 9.97 Å². The molecule has 0 aliphatic heterocycles. The van der Waals surface area contributed by atoms with Gasteiger partial charge in [0, 0.05) is 6.04 Å². The normalized spacial score (nSPS) is 12.6. The molecule has 0 aliphatic carbocycles. The van der Waals surface area contributed by atoms with Crippen molar-refractivity contribution in [3.8, 4) is 0 Å². The van der Waals surface area contributed by atoms with Gasteiger partial charge in [-0.05, 0) is 49.7 Å². The Morgan fingerprint density at radius 1 is 1.23 bits per heavy atom. The van der Waals surface area contributed by atoms with Crippen molar-refractivity contribution in [1.29, 1.82) is 0 Å². The van der Waals surface area contributed by atoms with Crippen LogP contribution in [0.5, 0.6) is 0 Å². The summed E-state index contributed by atoms with van der Waals surface area (Å²) in [5.41, 5.74) is -2.05. The van der Waals surface area contributed by atoms with Crippen LogP contribution in [-0.4, -0.2) is 23.0 Å². The second-order valence-electron chi connectivity index (χ2n) is 6.66. The van der Waals surface area contributed by atoms with Crippen LogP contribution in [-0.2, 0) is 10.9 Å². The number of benzene rings is 2. The van der Waals surface area contributed by atoms with Gasteiger partial charge in [0.05, 0.1) is 34.8 Å². The number of methoxy groups -OCH3 is 1. The molecule has 2 aromatic carbocycles. The van der Waals surface area contributed by atoms with E-state index in [1.54, 1.807) is 0 Å². The van der Waals surface area contributed by atoms with Crippen LogP contribution in [0.25, 0.3) is 10.9 Å². The quantitative estimate of drug-likeness (QED) is 0.482. The molecule has 3 rings (SSSR count). The highest BCUT2D eigenvalue weighted by molar-refractivity contribution is 5.89. The molecule has 0 saturated carbocycles. The van der Waals surface area contributed by atoms with Crippen LogP contribution >= 0.6 is 0 Å². The molecule has 0 fully saturated rings. The molecule has 0 radical (unpaired) electrons. The number of alkyl halides is 3. The highest BCUT2D eigenvalue weighted by Gasteiger charge is 2.35. The average molecular weight is 423 g/mol. The maximum atomic E-state index is 14.4. The lowest BCUT2D eigenvalue weighted by molar-refractivity contribution is -0.138. The number of fused-ring (bicyclic) bond motifs is 1. The van der Waals surface area contributed by atoms with E-state index in [0.717, 1.165) is 25.3 Å². The molecule has 0 amide bonds. The van der Waals surface area contributed by atoms with Gasteiger partial charge in [-0.3, -0.25) is 4.79 Å². The number of carbonyl (C=O) groups excluding carboxylic acids is 1. The van der Waals surface area contributed by atoms with Gasteiger partial charge in [0.25, 0.3) is 5.56 Å². The molecular weight excluding hydrogens is 406 g/mol. The lowest BCUT2D eigenvalue weighted by atomic mass is 9.98. The van der Waals surface area contributed by atoms with Crippen molar-refractivity contribution in [3.63, 3.8) is 0 Å². The lowest BCUT2D eigenvalue weighted by Crippen LogP contribution is -2.18. The Kier molecular flexibility index (Phi) is 5.51. The predicted octanol–water partition coefficient (Wildman–Crippen LogP) is 4.35. The molecule has 3 aromatic rings. The van der Waals surface area contributed by atoms with Crippen LogP contribution < -0.4 is 10.9 Å². The minimum absolute atomic E-state index is 0.0150. The minimum atomic E-state index is -4.72. The van der Waals surface area contributed by atoms with Gasteiger partial charge in [0.15, 0.2) is 0 Å². The van der Waals surface area contributed by atoms with Crippen LogP contribution in [0.15, 0.2) is 35.1 Å². The fraction of sp³-hybridized carbons (Fsp3) is 0.250. The van der Waals surface area contributed by atoms with E-state index in [0.29, 0.717) is 0 Å². The van der Waals surface area contributed by atoms with Crippen molar-refractivity contribution >= 4 is 22.6 Å². The van der Waals surface area contributed by atoms with Crippen molar-refractivity contribution in [2.24, 2.45) is 0 Å². The highest BCUT2D eigenvalue weighted by Crippen LogP contribution is 2.37. The highest BCUT2D eigenvalue weighted by atomic mass is 19.4. The van der Waals surface area contributed by atoms with E-state index >= 15 is 0 Å². The van der Waals surface area contributed by atoms with Gasteiger partial charge in [-0.2, -0.15) is 13.2 Å². The Labute approximate surface area is 167 Å². The first-order valence-electron chi connectivity index (χ1n) is 8.77. The number of aromatic amines is 1. The van der Waals surface area contributed by atoms with Crippen LogP contribution in [0.4, 0.5) is 23.2 Å². The van der Waals surface area contributed by atoms with Crippen molar-refractivity contribution in [3.05, 3.63) is 69.0 Å². The number of carbonyl (C=O) groups is 1. The number of nitrogens with zero attached hydrogens (tertiary/aromatic N) is 1. The third-order valence-electron chi connectivity index (χ3n) is 4.53. The van der Waals surface area contributed by atoms with Gasteiger partial charge in [0.1, 0.15) is 11.6 Å². The van der Waals surface area contributed by atoms with Crippen molar-refractivity contribution < 1.29 is 27.1 Å². The molecule has 0 unspecified atom stereocenters. The number of hydrogen-bond acceptors (Lipinski definition) is 5. The zero-order valence-electron chi connectivity index (χ0n) is 16.1. The standard InChI is InChI=1S/C20H17F4N3O3/c1-9(25-16-5-4-11(6-15(16)21)19(29)30-3)12-7-13-17(8-14(12)20(22,23)24)26-10(2)27-18(13)28/h4-9,25H,1-3H3,(H,26,27,28)/t9-/m0/s1. The van der Waals surface area contributed by atoms with Gasteiger partial charge in [-0.25, -0.2) is 14.2 Å². The molecule has 1 aromatic heterocycles. The van der Waals surface area contributed by atoms with Crippen LogP contribution in [0.2, 0.25) is 0 Å². The lowest BCUT2D eigenvalue weighted by Gasteiger charge is -2.21. The van der Waals surface area contributed by atoms with Gasteiger partial charge in [-0.15, -0.1) is 0 Å². The molecule has 0 aliphatic rings. The van der Waals surface area contributed by atoms with Gasteiger partial charge >= 0.3 is 12.1 Å². The fourth-order valence-electron chi connectivity index (χ4n) is 3.11. The SMILES string of the molecule is COC(=O)c1ccc(N[C@@H](C)c2cc3c(=O)[nH]c(C)nc3cc2C(F)(F)F)c(F)c1. The molecule has 30 heavy (non-hydrogen) atoms. The number of esters is 1. The summed E-state index contributed by atoms with van der Waals surface area (Å²) in [6.07, 6.45) is -4.72. The van der Waals surface area contributed by atoms with Crippen LogP contribution in [0.1, 0.15) is 40.3 Å². The topological polar surface area (TPSA) is 84.1 Å². The number of ether oxygens (including phenoxy) is 1. The average Bonchev–Trinajstić information content (AvgIpc) is 2.67. The van der Waals surface area contributed by atoms with Gasteiger partial charge in [0.2, 0.25) is 0 Å². The second-order valence-corrected chi connectivity index (χ2v) is 6.66. The zero-order chi connectivity index (χ0) is 22.2. The molecule has 1 atom stereocenters. The molecule has 0 spiro atoms. The Hall–Kier alpha value is -3.43. The first-order valence-corrected chi connectivity index (χ1v) is 8.77. The number of hydrogen-bond donors (Lipinski definition) is 2. The first kappa shape index (κ1) is 21.3. The number of halogens is 4. The maximum absolute atomic E-state index is 14.4. The summed E-state index contributed by atoms with van der Waals surface area (Å²) >= 11 is 0. The summed E-state index contributed by atoms with van der Waals surface area (Å²) in [7, 11) is 1.14. The molecular formula is C20H17F4N3O3. The summed E-state index contributed by atoms with van der Waals surface area (Å²) in [4.78, 5) is 30.1. The Morgan fingerprint density at radius 3 is 2.53 bits per heavy atom. The van der Waals surface area contributed by atoms with E-state index in [9.17, 15) is 27.2 Å². The maximum Gasteiger partial charge on any atom is 0.416 e. The van der Waals surface area contributed by atoms with Gasteiger partial charge < -0.3 is 15.0 Å². The number of aryl methyl sites for hydroxylation is 1.